The first kappa shape index (κ1) is 12.6. The van der Waals surface area contributed by atoms with E-state index in [2.05, 4.69) is 0 Å². The third-order valence-electron chi connectivity index (χ3n) is 2.27. The predicted octanol–water partition coefficient (Wildman–Crippen LogP) is 2.11. The van der Waals surface area contributed by atoms with Crippen LogP contribution < -0.4 is 0 Å². The average molecular weight is 230 g/mol. The number of aliphatic hydroxyl groups is 1. The summed E-state index contributed by atoms with van der Waals surface area (Å²) in [5.41, 5.74) is 0.0469. The number of hydrogen-bond acceptors (Lipinski definition) is 2. The lowest BCUT2D eigenvalue weighted by Gasteiger charge is -2.13. The van der Waals surface area contributed by atoms with E-state index >= 15 is 0 Å². The van der Waals surface area contributed by atoms with Crippen molar-refractivity contribution in [3.63, 3.8) is 0 Å². The van der Waals surface area contributed by atoms with E-state index in [0.717, 1.165) is 12.1 Å². The van der Waals surface area contributed by atoms with E-state index in [0.29, 0.717) is 6.07 Å². The van der Waals surface area contributed by atoms with Crippen molar-refractivity contribution in [2.45, 2.75) is 19.4 Å². The number of carbonyl (C=O) groups is 1. The molecule has 16 heavy (non-hydrogen) atoms. The Morgan fingerprint density at radius 3 is 2.25 bits per heavy atom. The summed E-state index contributed by atoms with van der Waals surface area (Å²) in [6.45, 7) is 1.42. The molecule has 0 aromatic heterocycles. The predicted molar refractivity (Wildman–Crippen MR) is 52.7 cm³/mol. The number of halogens is 2. The van der Waals surface area contributed by atoms with Gasteiger partial charge in [-0.2, -0.15) is 0 Å². The van der Waals surface area contributed by atoms with Crippen LogP contribution in [0.2, 0.25) is 0 Å². The van der Waals surface area contributed by atoms with Gasteiger partial charge in [-0.1, -0.05) is 6.92 Å². The zero-order valence-corrected chi connectivity index (χ0v) is 8.65. The molecule has 2 unspecified atom stereocenters. The monoisotopic (exact) mass is 230 g/mol. The molecule has 0 heterocycles. The lowest BCUT2D eigenvalue weighted by molar-refractivity contribution is -0.142. The highest BCUT2D eigenvalue weighted by atomic mass is 19.1. The lowest BCUT2D eigenvalue weighted by atomic mass is 9.98. The van der Waals surface area contributed by atoms with Crippen molar-refractivity contribution in [2.24, 2.45) is 5.92 Å². The van der Waals surface area contributed by atoms with Crippen molar-refractivity contribution < 1.29 is 23.8 Å². The first-order valence-corrected chi connectivity index (χ1v) is 4.77. The summed E-state index contributed by atoms with van der Waals surface area (Å²) < 4.78 is 25.6. The molecular weight excluding hydrogens is 218 g/mol. The summed E-state index contributed by atoms with van der Waals surface area (Å²) in [6.07, 6.45) is -1.27. The molecule has 2 atom stereocenters. The summed E-state index contributed by atoms with van der Waals surface area (Å²) in [7, 11) is 0. The molecular formula is C11H12F2O3. The minimum absolute atomic E-state index is 0.0469. The molecule has 0 fully saturated rings. The van der Waals surface area contributed by atoms with Crippen molar-refractivity contribution in [3.8, 4) is 0 Å². The second-order valence-corrected chi connectivity index (χ2v) is 3.69. The molecule has 1 aromatic carbocycles. The van der Waals surface area contributed by atoms with Crippen LogP contribution in [0.4, 0.5) is 8.78 Å². The first-order chi connectivity index (χ1) is 7.40. The third kappa shape index (κ3) is 3.27. The standard InChI is InChI=1S/C11H12F2O3/c1-6(11(15)16)2-10(14)7-3-8(12)5-9(13)4-7/h3-6,10,14H,2H2,1H3,(H,15,16). The third-order valence-corrected chi connectivity index (χ3v) is 2.27. The zero-order chi connectivity index (χ0) is 12.3. The van der Waals surface area contributed by atoms with Crippen LogP contribution in [0.1, 0.15) is 25.0 Å². The highest BCUT2D eigenvalue weighted by Crippen LogP contribution is 2.22. The molecule has 0 radical (unpaired) electrons. The number of rotatable bonds is 4. The maximum Gasteiger partial charge on any atom is 0.306 e. The van der Waals surface area contributed by atoms with E-state index in [1.54, 1.807) is 0 Å². The normalized spacial score (nSPS) is 14.5. The van der Waals surface area contributed by atoms with Gasteiger partial charge in [0, 0.05) is 6.07 Å². The Bertz CT molecular complexity index is 373. The number of aliphatic hydroxyl groups excluding tert-OH is 1. The van der Waals surface area contributed by atoms with Crippen LogP contribution in [0.3, 0.4) is 0 Å². The summed E-state index contributed by atoms with van der Waals surface area (Å²) in [6, 6.07) is 2.67. The van der Waals surface area contributed by atoms with Crippen LogP contribution in [0, 0.1) is 17.6 Å². The fraction of sp³-hybridized carbons (Fsp3) is 0.364. The molecule has 3 nitrogen and oxygen atoms in total. The van der Waals surface area contributed by atoms with Gasteiger partial charge >= 0.3 is 5.97 Å². The maximum atomic E-state index is 12.8. The summed E-state index contributed by atoms with van der Waals surface area (Å²) in [4.78, 5) is 10.5. The number of carboxylic acid groups (broad SMARTS) is 1. The minimum Gasteiger partial charge on any atom is -0.481 e. The fourth-order valence-electron chi connectivity index (χ4n) is 1.34. The van der Waals surface area contributed by atoms with Gasteiger partial charge in [0.05, 0.1) is 12.0 Å². The summed E-state index contributed by atoms with van der Waals surface area (Å²) in [5.74, 6) is -3.42. The van der Waals surface area contributed by atoms with Crippen LogP contribution in [0.5, 0.6) is 0 Å². The Hall–Kier alpha value is -1.49. The first-order valence-electron chi connectivity index (χ1n) is 4.77. The summed E-state index contributed by atoms with van der Waals surface area (Å²) in [5, 5.41) is 18.2. The van der Waals surface area contributed by atoms with Gasteiger partial charge in [0.25, 0.3) is 0 Å². The number of carboxylic acids is 1. The van der Waals surface area contributed by atoms with E-state index < -0.39 is 29.6 Å². The quantitative estimate of drug-likeness (QED) is 0.832. The lowest BCUT2D eigenvalue weighted by Crippen LogP contribution is -2.13. The van der Waals surface area contributed by atoms with Crippen molar-refractivity contribution in [1.29, 1.82) is 0 Å². The molecule has 0 amide bonds. The van der Waals surface area contributed by atoms with Gasteiger partial charge in [-0.05, 0) is 24.1 Å². The topological polar surface area (TPSA) is 57.5 Å². The van der Waals surface area contributed by atoms with Crippen molar-refractivity contribution >= 4 is 5.97 Å². The smallest absolute Gasteiger partial charge is 0.306 e. The molecule has 0 spiro atoms. The number of aliphatic carboxylic acids is 1. The van der Waals surface area contributed by atoms with Crippen LogP contribution >= 0.6 is 0 Å². The largest absolute Gasteiger partial charge is 0.481 e. The highest BCUT2D eigenvalue weighted by molar-refractivity contribution is 5.69. The molecule has 0 saturated heterocycles. The van der Waals surface area contributed by atoms with Gasteiger partial charge in [0.1, 0.15) is 11.6 Å². The molecule has 1 aromatic rings. The van der Waals surface area contributed by atoms with Gasteiger partial charge < -0.3 is 10.2 Å². The van der Waals surface area contributed by atoms with E-state index in [9.17, 15) is 18.7 Å². The molecule has 2 N–H and O–H groups in total. The second kappa shape index (κ2) is 5.03. The van der Waals surface area contributed by atoms with Gasteiger partial charge in [0.2, 0.25) is 0 Å². The van der Waals surface area contributed by atoms with Crippen LogP contribution in [0.15, 0.2) is 18.2 Å². The van der Waals surface area contributed by atoms with Crippen LogP contribution in [-0.4, -0.2) is 16.2 Å². The molecule has 0 aliphatic heterocycles. The number of benzene rings is 1. The van der Waals surface area contributed by atoms with Crippen LogP contribution in [-0.2, 0) is 4.79 Å². The Morgan fingerprint density at radius 2 is 1.81 bits per heavy atom. The van der Waals surface area contributed by atoms with Gasteiger partial charge in [-0.3, -0.25) is 4.79 Å². The van der Waals surface area contributed by atoms with E-state index in [-0.39, 0.29) is 12.0 Å². The van der Waals surface area contributed by atoms with E-state index in [4.69, 9.17) is 5.11 Å². The van der Waals surface area contributed by atoms with E-state index in [1.165, 1.54) is 6.92 Å². The van der Waals surface area contributed by atoms with Crippen molar-refractivity contribution in [3.05, 3.63) is 35.4 Å². The fourth-order valence-corrected chi connectivity index (χ4v) is 1.34. The summed E-state index contributed by atoms with van der Waals surface area (Å²) >= 11 is 0. The van der Waals surface area contributed by atoms with Gasteiger partial charge in [-0.15, -0.1) is 0 Å². The zero-order valence-electron chi connectivity index (χ0n) is 8.65. The Kier molecular flexibility index (Phi) is 3.95. The van der Waals surface area contributed by atoms with Gasteiger partial charge in [0.15, 0.2) is 0 Å². The van der Waals surface area contributed by atoms with E-state index in [1.807, 2.05) is 0 Å². The second-order valence-electron chi connectivity index (χ2n) is 3.69. The Morgan fingerprint density at radius 1 is 1.31 bits per heavy atom. The average Bonchev–Trinajstić information content (AvgIpc) is 2.15. The molecule has 0 bridgehead atoms. The molecule has 0 aliphatic carbocycles. The van der Waals surface area contributed by atoms with Crippen LogP contribution in [0.25, 0.3) is 0 Å². The molecule has 1 rings (SSSR count). The molecule has 0 saturated carbocycles. The Balaban J connectivity index is 2.80. The number of hydrogen-bond donors (Lipinski definition) is 2. The molecule has 0 aliphatic rings. The minimum atomic E-state index is -1.18. The highest BCUT2D eigenvalue weighted by Gasteiger charge is 2.18. The SMILES string of the molecule is CC(CC(O)c1cc(F)cc(F)c1)C(=O)O. The molecule has 5 heteroatoms. The van der Waals surface area contributed by atoms with Gasteiger partial charge in [-0.25, -0.2) is 8.78 Å². The Labute approximate surface area is 91.3 Å². The van der Waals surface area contributed by atoms with Crippen molar-refractivity contribution in [1.82, 2.24) is 0 Å². The maximum absolute atomic E-state index is 12.8. The van der Waals surface area contributed by atoms with Crippen molar-refractivity contribution in [2.75, 3.05) is 0 Å². The molecule has 88 valence electrons.